The Bertz CT molecular complexity index is 738. The highest BCUT2D eigenvalue weighted by Gasteiger charge is 2.18. The maximum atomic E-state index is 12.6. The van der Waals surface area contributed by atoms with Crippen molar-refractivity contribution in [2.75, 3.05) is 18.4 Å². The molecule has 1 aliphatic heterocycles. The van der Waals surface area contributed by atoms with Crippen LogP contribution in [0.25, 0.3) is 0 Å². The van der Waals surface area contributed by atoms with Gasteiger partial charge in [-0.1, -0.05) is 12.1 Å². The number of alkyl halides is 2. The van der Waals surface area contributed by atoms with Gasteiger partial charge in [-0.2, -0.15) is 8.78 Å². The normalized spacial score (nSPS) is 16.3. The van der Waals surface area contributed by atoms with E-state index in [1.54, 1.807) is 30.3 Å². The van der Waals surface area contributed by atoms with E-state index in [1.807, 2.05) is 6.07 Å². The molecule has 2 aromatic carbocycles. The second-order valence-corrected chi connectivity index (χ2v) is 6.09. The number of halogens is 3. The molecule has 1 saturated heterocycles. The van der Waals surface area contributed by atoms with Gasteiger partial charge >= 0.3 is 6.61 Å². The third-order valence-corrected chi connectivity index (χ3v) is 4.16. The van der Waals surface area contributed by atoms with E-state index in [1.165, 1.54) is 12.1 Å². The van der Waals surface area contributed by atoms with E-state index in [2.05, 4.69) is 20.7 Å². The highest BCUT2D eigenvalue weighted by atomic mass is 35.5. The quantitative estimate of drug-likeness (QED) is 0.691. The zero-order valence-electron chi connectivity index (χ0n) is 14.6. The van der Waals surface area contributed by atoms with Crippen LogP contribution in [0.4, 0.5) is 20.2 Å². The van der Waals surface area contributed by atoms with Gasteiger partial charge in [0.25, 0.3) is 5.91 Å². The molecule has 3 rings (SSSR count). The lowest BCUT2D eigenvalue weighted by Crippen LogP contribution is -2.45. The molecule has 0 saturated carbocycles. The van der Waals surface area contributed by atoms with E-state index in [0.717, 1.165) is 25.9 Å². The van der Waals surface area contributed by atoms with Gasteiger partial charge in [0.05, 0.1) is 11.3 Å². The summed E-state index contributed by atoms with van der Waals surface area (Å²) >= 11 is 0. The number of hydrogen-bond acceptors (Lipinski definition) is 4. The van der Waals surface area contributed by atoms with Crippen molar-refractivity contribution in [1.82, 2.24) is 10.6 Å². The monoisotopic (exact) mass is 397 g/mol. The number of amides is 1. The average Bonchev–Trinajstić information content (AvgIpc) is 2.64. The molecule has 5 nitrogen and oxygen atoms in total. The van der Waals surface area contributed by atoms with Gasteiger partial charge in [0.2, 0.25) is 0 Å². The van der Waals surface area contributed by atoms with Gasteiger partial charge in [-0.05, 0) is 55.8 Å². The third kappa shape index (κ3) is 6.08. The Hall–Kier alpha value is -2.38. The Labute approximate surface area is 162 Å². The predicted molar refractivity (Wildman–Crippen MR) is 103 cm³/mol. The first kappa shape index (κ1) is 20.9. The minimum absolute atomic E-state index is 0. The molecular formula is C19H22ClF2N3O2. The molecule has 1 aliphatic rings. The van der Waals surface area contributed by atoms with Gasteiger partial charge in [-0.25, -0.2) is 0 Å². The maximum Gasteiger partial charge on any atom is 0.387 e. The number of nitrogens with one attached hydrogen (secondary N) is 3. The Balaban J connectivity index is 0.00000261. The van der Waals surface area contributed by atoms with E-state index in [0.29, 0.717) is 16.9 Å². The first-order chi connectivity index (χ1) is 12.6. The molecule has 27 heavy (non-hydrogen) atoms. The summed E-state index contributed by atoms with van der Waals surface area (Å²) in [6.07, 6.45) is 2.00. The van der Waals surface area contributed by atoms with Crippen molar-refractivity contribution < 1.29 is 18.3 Å². The van der Waals surface area contributed by atoms with Crippen molar-refractivity contribution in [3.05, 3.63) is 54.1 Å². The van der Waals surface area contributed by atoms with Crippen LogP contribution in [-0.2, 0) is 0 Å². The number of carbonyl (C=O) groups excluding carboxylic acids is 1. The summed E-state index contributed by atoms with van der Waals surface area (Å²) in [6.45, 7) is -1.10. The average molecular weight is 398 g/mol. The molecule has 0 radical (unpaired) electrons. The lowest BCUT2D eigenvalue weighted by Gasteiger charge is -2.24. The zero-order valence-corrected chi connectivity index (χ0v) is 15.4. The molecule has 3 N–H and O–H groups in total. The summed E-state index contributed by atoms with van der Waals surface area (Å²) in [5.74, 6) is -0.0548. The fraction of sp³-hybridized carbons (Fsp3) is 0.316. The summed E-state index contributed by atoms with van der Waals surface area (Å²) in [4.78, 5) is 12.6. The largest absolute Gasteiger partial charge is 0.435 e. The van der Waals surface area contributed by atoms with Crippen LogP contribution in [0.5, 0.6) is 5.75 Å². The molecular weight excluding hydrogens is 376 g/mol. The van der Waals surface area contributed by atoms with E-state index in [4.69, 9.17) is 0 Å². The summed E-state index contributed by atoms with van der Waals surface area (Å²) in [5, 5.41) is 9.47. The number of anilines is 2. The molecule has 1 heterocycles. The van der Waals surface area contributed by atoms with Gasteiger partial charge in [0.15, 0.2) is 0 Å². The van der Waals surface area contributed by atoms with Crippen LogP contribution in [0.1, 0.15) is 23.2 Å². The highest BCUT2D eigenvalue weighted by molar-refractivity contribution is 6.00. The van der Waals surface area contributed by atoms with Gasteiger partial charge < -0.3 is 20.7 Å². The third-order valence-electron chi connectivity index (χ3n) is 4.16. The Kier molecular flexibility index (Phi) is 7.82. The van der Waals surface area contributed by atoms with E-state index < -0.39 is 6.61 Å². The molecule has 1 fully saturated rings. The van der Waals surface area contributed by atoms with Crippen LogP contribution < -0.4 is 20.7 Å². The molecule has 1 amide bonds. The molecule has 146 valence electrons. The standard InChI is InChI=1S/C19H21F2N3O2.ClH/c20-19(21)26-15-9-7-13(8-10-15)23-17-6-2-1-5-16(17)18(25)24-14-4-3-11-22-12-14;/h1-2,5-10,14,19,22-23H,3-4,11-12H2,(H,24,25);1H/t14-;/m0./s1. The van der Waals surface area contributed by atoms with Crippen LogP contribution in [-0.4, -0.2) is 31.7 Å². The lowest BCUT2D eigenvalue weighted by molar-refractivity contribution is -0.0498. The predicted octanol–water partition coefficient (Wildman–Crippen LogP) is 3.94. The molecule has 0 bridgehead atoms. The summed E-state index contributed by atoms with van der Waals surface area (Å²) in [5.41, 5.74) is 1.86. The minimum Gasteiger partial charge on any atom is -0.435 e. The van der Waals surface area contributed by atoms with Crippen LogP contribution in [0.2, 0.25) is 0 Å². The first-order valence-corrected chi connectivity index (χ1v) is 8.54. The molecule has 1 atom stereocenters. The van der Waals surface area contributed by atoms with Crippen LogP contribution in [0.3, 0.4) is 0 Å². The van der Waals surface area contributed by atoms with Gasteiger partial charge in [-0.15, -0.1) is 12.4 Å². The zero-order chi connectivity index (χ0) is 18.4. The fourth-order valence-electron chi connectivity index (χ4n) is 2.90. The topological polar surface area (TPSA) is 62.4 Å². The number of carbonyl (C=O) groups is 1. The van der Waals surface area contributed by atoms with Crippen molar-refractivity contribution in [3.8, 4) is 5.75 Å². The van der Waals surface area contributed by atoms with Gasteiger partial charge in [0.1, 0.15) is 5.75 Å². The van der Waals surface area contributed by atoms with Crippen molar-refractivity contribution in [1.29, 1.82) is 0 Å². The summed E-state index contributed by atoms with van der Waals surface area (Å²) < 4.78 is 28.8. The second kappa shape index (κ2) is 10.1. The van der Waals surface area contributed by atoms with Crippen LogP contribution >= 0.6 is 12.4 Å². The summed E-state index contributed by atoms with van der Waals surface area (Å²) in [6, 6.07) is 13.5. The minimum atomic E-state index is -2.85. The van der Waals surface area contributed by atoms with Gasteiger partial charge in [-0.3, -0.25) is 4.79 Å². The van der Waals surface area contributed by atoms with Crippen LogP contribution in [0, 0.1) is 0 Å². The number of para-hydroxylation sites is 1. The molecule has 2 aromatic rings. The van der Waals surface area contributed by atoms with Crippen molar-refractivity contribution in [2.24, 2.45) is 0 Å². The second-order valence-electron chi connectivity index (χ2n) is 6.09. The number of rotatable bonds is 6. The number of benzene rings is 2. The van der Waals surface area contributed by atoms with Crippen molar-refractivity contribution in [3.63, 3.8) is 0 Å². The maximum absolute atomic E-state index is 12.6. The highest BCUT2D eigenvalue weighted by Crippen LogP contribution is 2.24. The molecule has 8 heteroatoms. The molecule has 0 aliphatic carbocycles. The summed E-state index contributed by atoms with van der Waals surface area (Å²) in [7, 11) is 0. The SMILES string of the molecule is Cl.O=C(N[C@H]1CCCNC1)c1ccccc1Nc1ccc(OC(F)F)cc1. The van der Waals surface area contributed by atoms with E-state index in [9.17, 15) is 13.6 Å². The first-order valence-electron chi connectivity index (χ1n) is 8.54. The van der Waals surface area contributed by atoms with Gasteiger partial charge in [0, 0.05) is 18.3 Å². The van der Waals surface area contributed by atoms with E-state index in [-0.39, 0.29) is 30.1 Å². The Morgan fingerprint density at radius 3 is 2.56 bits per heavy atom. The lowest BCUT2D eigenvalue weighted by atomic mass is 10.1. The number of piperidine rings is 1. The smallest absolute Gasteiger partial charge is 0.387 e. The Morgan fingerprint density at radius 1 is 1.15 bits per heavy atom. The van der Waals surface area contributed by atoms with Crippen LogP contribution in [0.15, 0.2) is 48.5 Å². The molecule has 0 unspecified atom stereocenters. The number of ether oxygens (including phenoxy) is 1. The van der Waals surface area contributed by atoms with E-state index >= 15 is 0 Å². The Morgan fingerprint density at radius 2 is 1.89 bits per heavy atom. The molecule has 0 aromatic heterocycles. The molecule has 0 spiro atoms. The van der Waals surface area contributed by atoms with Crippen molar-refractivity contribution >= 4 is 29.7 Å². The number of hydrogen-bond donors (Lipinski definition) is 3. The van der Waals surface area contributed by atoms with Crippen molar-refractivity contribution in [2.45, 2.75) is 25.5 Å². The fourth-order valence-corrected chi connectivity index (χ4v) is 2.90.